The number of hydrogen-bond donors (Lipinski definition) is 1. The van der Waals surface area contributed by atoms with E-state index in [0.717, 1.165) is 32.5 Å². The van der Waals surface area contributed by atoms with Crippen molar-refractivity contribution >= 4 is 15.7 Å². The van der Waals surface area contributed by atoms with Crippen LogP contribution in [-0.4, -0.2) is 62.6 Å². The Kier molecular flexibility index (Phi) is 4.19. The van der Waals surface area contributed by atoms with Crippen molar-refractivity contribution in [2.75, 3.05) is 44.3 Å². The van der Waals surface area contributed by atoms with Crippen LogP contribution in [0.4, 0.5) is 5.69 Å². The number of nitrogens with zero attached hydrogens (tertiary/aromatic N) is 2. The van der Waals surface area contributed by atoms with E-state index in [1.165, 1.54) is 17.5 Å². The Morgan fingerprint density at radius 1 is 1.14 bits per heavy atom. The molecule has 116 valence electrons. The molecule has 2 heterocycles. The Morgan fingerprint density at radius 2 is 1.86 bits per heavy atom. The van der Waals surface area contributed by atoms with Gasteiger partial charge in [0.25, 0.3) is 0 Å². The number of aryl methyl sites for hydroxylation is 1. The number of fused-ring (bicyclic) bond motifs is 1. The topological polar surface area (TPSA) is 52.7 Å². The largest absolute Gasteiger partial charge is 0.383 e. The number of para-hydroxylation sites is 1. The average molecular weight is 309 g/mol. The van der Waals surface area contributed by atoms with Crippen LogP contribution >= 0.6 is 0 Å². The van der Waals surface area contributed by atoms with E-state index in [1.54, 1.807) is 4.31 Å². The van der Waals surface area contributed by atoms with Gasteiger partial charge in [-0.1, -0.05) is 18.2 Å². The van der Waals surface area contributed by atoms with Crippen LogP contribution in [-0.2, 0) is 16.4 Å². The highest BCUT2D eigenvalue weighted by molar-refractivity contribution is 7.88. The van der Waals surface area contributed by atoms with Crippen LogP contribution in [0.3, 0.4) is 0 Å². The first kappa shape index (κ1) is 14.8. The lowest BCUT2D eigenvalue weighted by Gasteiger charge is -2.38. The zero-order chi connectivity index (χ0) is 14.9. The van der Waals surface area contributed by atoms with Gasteiger partial charge in [-0.15, -0.1) is 0 Å². The van der Waals surface area contributed by atoms with Crippen LogP contribution < -0.4 is 5.32 Å². The minimum atomic E-state index is -3.04. The summed E-state index contributed by atoms with van der Waals surface area (Å²) >= 11 is 0. The lowest BCUT2D eigenvalue weighted by molar-refractivity contribution is 0.138. The summed E-state index contributed by atoms with van der Waals surface area (Å²) < 4.78 is 24.7. The molecule has 1 saturated heterocycles. The van der Waals surface area contributed by atoms with Crippen LogP contribution in [0.25, 0.3) is 0 Å². The third kappa shape index (κ3) is 3.39. The zero-order valence-corrected chi connectivity index (χ0v) is 13.3. The summed E-state index contributed by atoms with van der Waals surface area (Å²) in [6.07, 6.45) is 3.51. The van der Waals surface area contributed by atoms with E-state index >= 15 is 0 Å². The van der Waals surface area contributed by atoms with E-state index in [2.05, 4.69) is 34.5 Å². The molecule has 5 nitrogen and oxygen atoms in total. The average Bonchev–Trinajstić information content (AvgIpc) is 2.69. The van der Waals surface area contributed by atoms with Crippen molar-refractivity contribution < 1.29 is 8.42 Å². The maximum Gasteiger partial charge on any atom is 0.211 e. The second-order valence-electron chi connectivity index (χ2n) is 5.93. The number of piperazine rings is 1. The number of benzene rings is 1. The van der Waals surface area contributed by atoms with Crippen molar-refractivity contribution in [1.82, 2.24) is 9.21 Å². The molecule has 2 aliphatic heterocycles. The maximum atomic E-state index is 11.6. The number of sulfonamides is 1. The molecule has 1 unspecified atom stereocenters. The molecule has 0 saturated carbocycles. The fraction of sp³-hybridized carbons (Fsp3) is 0.600. The molecule has 6 heteroatoms. The van der Waals surface area contributed by atoms with Crippen LogP contribution in [0.1, 0.15) is 12.0 Å². The first-order chi connectivity index (χ1) is 10.0. The molecule has 1 atom stereocenters. The Balaban J connectivity index is 1.60. The highest BCUT2D eigenvalue weighted by Gasteiger charge is 2.28. The Hall–Kier alpha value is -1.11. The fourth-order valence-corrected chi connectivity index (χ4v) is 4.10. The summed E-state index contributed by atoms with van der Waals surface area (Å²) in [6.45, 7) is 3.83. The number of hydrogen-bond acceptors (Lipinski definition) is 4. The molecule has 21 heavy (non-hydrogen) atoms. The zero-order valence-electron chi connectivity index (χ0n) is 12.5. The smallest absolute Gasteiger partial charge is 0.211 e. The second-order valence-corrected chi connectivity index (χ2v) is 7.91. The molecule has 0 spiro atoms. The lowest BCUT2D eigenvalue weighted by atomic mass is 10.0. The molecule has 3 rings (SSSR count). The van der Waals surface area contributed by atoms with Crippen molar-refractivity contribution in [2.24, 2.45) is 0 Å². The van der Waals surface area contributed by atoms with Gasteiger partial charge in [-0.3, -0.25) is 4.90 Å². The van der Waals surface area contributed by atoms with Gasteiger partial charge in [0.1, 0.15) is 0 Å². The van der Waals surface area contributed by atoms with Crippen molar-refractivity contribution in [2.45, 2.75) is 18.9 Å². The van der Waals surface area contributed by atoms with Gasteiger partial charge in [-0.2, -0.15) is 4.31 Å². The van der Waals surface area contributed by atoms with Gasteiger partial charge in [-0.05, 0) is 24.5 Å². The van der Waals surface area contributed by atoms with Crippen molar-refractivity contribution in [3.63, 3.8) is 0 Å². The number of anilines is 1. The lowest BCUT2D eigenvalue weighted by Crippen LogP contribution is -2.53. The second kappa shape index (κ2) is 5.94. The summed E-state index contributed by atoms with van der Waals surface area (Å²) in [5, 5.41) is 3.54. The van der Waals surface area contributed by atoms with Gasteiger partial charge in [0.15, 0.2) is 0 Å². The Bertz CT molecular complexity index is 568. The first-order valence-corrected chi connectivity index (χ1v) is 9.40. The summed E-state index contributed by atoms with van der Waals surface area (Å²) in [5.41, 5.74) is 2.63. The van der Waals surface area contributed by atoms with E-state index in [9.17, 15) is 8.42 Å². The molecule has 0 radical (unpaired) electrons. The van der Waals surface area contributed by atoms with Gasteiger partial charge >= 0.3 is 0 Å². The summed E-state index contributed by atoms with van der Waals surface area (Å²) in [4.78, 5) is 2.43. The first-order valence-electron chi connectivity index (χ1n) is 7.55. The van der Waals surface area contributed by atoms with E-state index in [1.807, 2.05) is 0 Å². The maximum absolute atomic E-state index is 11.6. The van der Waals surface area contributed by atoms with Crippen molar-refractivity contribution in [1.29, 1.82) is 0 Å². The number of nitrogens with one attached hydrogen (secondary N) is 1. The van der Waals surface area contributed by atoms with Crippen LogP contribution in [0.5, 0.6) is 0 Å². The third-order valence-electron chi connectivity index (χ3n) is 4.55. The molecular formula is C15H23N3O2S. The van der Waals surface area contributed by atoms with E-state index in [4.69, 9.17) is 0 Å². The normalized spacial score (nSPS) is 24.9. The SMILES string of the molecule is CS(=O)(=O)N1CCN(C2CCc3ccccc3NC2)CC1. The van der Waals surface area contributed by atoms with Gasteiger partial charge < -0.3 is 5.32 Å². The van der Waals surface area contributed by atoms with Gasteiger partial charge in [0, 0.05) is 44.5 Å². The molecule has 0 bridgehead atoms. The molecular weight excluding hydrogens is 286 g/mol. The van der Waals surface area contributed by atoms with Gasteiger partial charge in [0.05, 0.1) is 6.26 Å². The standard InChI is InChI=1S/C15H23N3O2S/c1-21(19,20)18-10-8-17(9-11-18)14-7-6-13-4-2-3-5-15(13)16-12-14/h2-5,14,16H,6-12H2,1H3. The summed E-state index contributed by atoms with van der Waals surface area (Å²) in [6, 6.07) is 8.97. The third-order valence-corrected chi connectivity index (χ3v) is 5.85. The van der Waals surface area contributed by atoms with E-state index in [0.29, 0.717) is 19.1 Å². The Morgan fingerprint density at radius 3 is 2.57 bits per heavy atom. The predicted molar refractivity (Wildman–Crippen MR) is 85.0 cm³/mol. The van der Waals surface area contributed by atoms with E-state index < -0.39 is 10.0 Å². The van der Waals surface area contributed by atoms with Crippen molar-refractivity contribution in [3.8, 4) is 0 Å². The molecule has 0 aromatic heterocycles. The molecule has 0 aliphatic carbocycles. The minimum absolute atomic E-state index is 0.485. The minimum Gasteiger partial charge on any atom is -0.383 e. The van der Waals surface area contributed by atoms with Gasteiger partial charge in [0.2, 0.25) is 10.0 Å². The molecule has 1 aromatic rings. The quantitative estimate of drug-likeness (QED) is 0.885. The number of rotatable bonds is 2. The summed E-state index contributed by atoms with van der Waals surface area (Å²) in [7, 11) is -3.04. The van der Waals surface area contributed by atoms with Gasteiger partial charge in [-0.25, -0.2) is 8.42 Å². The summed E-state index contributed by atoms with van der Waals surface area (Å²) in [5.74, 6) is 0. The molecule has 1 N–H and O–H groups in total. The fourth-order valence-electron chi connectivity index (χ4n) is 3.27. The molecule has 1 aromatic carbocycles. The highest BCUT2D eigenvalue weighted by atomic mass is 32.2. The molecule has 2 aliphatic rings. The van der Waals surface area contributed by atoms with Crippen LogP contribution in [0, 0.1) is 0 Å². The molecule has 0 amide bonds. The molecule has 1 fully saturated rings. The predicted octanol–water partition coefficient (Wildman–Crippen LogP) is 0.990. The Labute approximate surface area is 127 Å². The van der Waals surface area contributed by atoms with Crippen LogP contribution in [0.2, 0.25) is 0 Å². The monoisotopic (exact) mass is 309 g/mol. The van der Waals surface area contributed by atoms with Crippen molar-refractivity contribution in [3.05, 3.63) is 29.8 Å². The van der Waals surface area contributed by atoms with Crippen LogP contribution in [0.15, 0.2) is 24.3 Å². The highest BCUT2D eigenvalue weighted by Crippen LogP contribution is 2.23. The van der Waals surface area contributed by atoms with E-state index in [-0.39, 0.29) is 0 Å².